The zero-order chi connectivity index (χ0) is 26.3. The van der Waals surface area contributed by atoms with Crippen LogP contribution in [-0.2, 0) is 16.1 Å². The Kier molecular flexibility index (Phi) is 9.07. The van der Waals surface area contributed by atoms with Gasteiger partial charge >= 0.3 is 18.1 Å². The van der Waals surface area contributed by atoms with E-state index in [1.165, 1.54) is 19.2 Å². The number of carbonyl (C=O) groups is 2. The van der Waals surface area contributed by atoms with Gasteiger partial charge in [0.1, 0.15) is 0 Å². The van der Waals surface area contributed by atoms with Gasteiger partial charge in [-0.05, 0) is 85.3 Å². The molecule has 2 aromatic rings. The first-order valence-electron chi connectivity index (χ1n) is 11.6. The topological polar surface area (TPSA) is 103 Å². The second-order valence-corrected chi connectivity index (χ2v) is 8.70. The Morgan fingerprint density at radius 2 is 1.92 bits per heavy atom. The van der Waals surface area contributed by atoms with Crippen molar-refractivity contribution in [2.24, 2.45) is 5.92 Å². The molecule has 10 heteroatoms. The van der Waals surface area contributed by atoms with Gasteiger partial charge in [-0.3, -0.25) is 4.79 Å². The largest absolute Gasteiger partial charge is 0.471 e. The van der Waals surface area contributed by atoms with Crippen LogP contribution in [0, 0.1) is 17.2 Å². The van der Waals surface area contributed by atoms with Crippen LogP contribution >= 0.6 is 0 Å². The first-order valence-corrected chi connectivity index (χ1v) is 11.6. The highest BCUT2D eigenvalue weighted by molar-refractivity contribution is 5.91. The quantitative estimate of drug-likeness (QED) is 0.533. The molecule has 0 aliphatic carbocycles. The third kappa shape index (κ3) is 6.62. The van der Waals surface area contributed by atoms with Crippen molar-refractivity contribution in [1.82, 2.24) is 10.2 Å². The van der Waals surface area contributed by atoms with Crippen molar-refractivity contribution in [3.8, 4) is 17.2 Å². The fraction of sp³-hybridized carbons (Fsp3) is 0.423. The zero-order valence-corrected chi connectivity index (χ0v) is 19.8. The minimum atomic E-state index is -5.11. The van der Waals surface area contributed by atoms with Crippen LogP contribution in [0.15, 0.2) is 42.5 Å². The van der Waals surface area contributed by atoms with Crippen molar-refractivity contribution < 1.29 is 32.6 Å². The summed E-state index contributed by atoms with van der Waals surface area (Å²) in [7, 11) is 1.19. The number of esters is 1. The Bertz CT molecular complexity index is 1120. The van der Waals surface area contributed by atoms with E-state index in [0.29, 0.717) is 48.2 Å². The van der Waals surface area contributed by atoms with Crippen molar-refractivity contribution in [3.63, 3.8) is 0 Å². The number of ether oxygens (including phenoxy) is 1. The maximum atomic E-state index is 13.7. The molecular weight excluding hydrogens is 475 g/mol. The van der Waals surface area contributed by atoms with E-state index >= 15 is 0 Å². The van der Waals surface area contributed by atoms with E-state index in [-0.39, 0.29) is 24.5 Å². The molecule has 1 unspecified atom stereocenters. The third-order valence-corrected chi connectivity index (χ3v) is 6.35. The van der Waals surface area contributed by atoms with Crippen molar-refractivity contribution >= 4 is 11.9 Å². The number of aliphatic hydroxyl groups excluding tert-OH is 1. The molecule has 1 aliphatic heterocycles. The average molecular weight is 504 g/mol. The Labute approximate surface area is 207 Å². The highest BCUT2D eigenvalue weighted by Crippen LogP contribution is 2.31. The van der Waals surface area contributed by atoms with Crippen LogP contribution in [0.5, 0.6) is 0 Å². The van der Waals surface area contributed by atoms with Gasteiger partial charge in [-0.2, -0.15) is 18.4 Å². The lowest BCUT2D eigenvalue weighted by molar-refractivity contribution is -0.190. The number of carbonyl (C=O) groups excluding carboxylic acids is 2. The molecule has 1 saturated heterocycles. The SMILES string of the molecule is COC(=O)c1cc(CN(C(=O)C(F)(F)F)C(CCO)C2CCNCC2)cc(-c2cccc(C#N)c2)c1. The summed E-state index contributed by atoms with van der Waals surface area (Å²) in [6.45, 7) is 0.434. The molecule has 2 N–H and O–H groups in total. The monoisotopic (exact) mass is 503 g/mol. The Morgan fingerprint density at radius 1 is 1.19 bits per heavy atom. The smallest absolute Gasteiger partial charge is 0.465 e. The summed E-state index contributed by atoms with van der Waals surface area (Å²) in [4.78, 5) is 25.8. The summed E-state index contributed by atoms with van der Waals surface area (Å²) in [5.74, 6) is -2.90. The maximum Gasteiger partial charge on any atom is 0.471 e. The van der Waals surface area contributed by atoms with Gasteiger partial charge < -0.3 is 20.1 Å². The van der Waals surface area contributed by atoms with Crippen LogP contribution in [0.3, 0.4) is 0 Å². The molecule has 1 aliphatic rings. The van der Waals surface area contributed by atoms with Crippen molar-refractivity contribution in [3.05, 3.63) is 59.2 Å². The molecule has 1 atom stereocenters. The molecule has 3 rings (SSSR count). The van der Waals surface area contributed by atoms with E-state index in [2.05, 4.69) is 5.32 Å². The minimum absolute atomic E-state index is 0.000249. The highest BCUT2D eigenvalue weighted by atomic mass is 19.4. The summed E-state index contributed by atoms with van der Waals surface area (Å²) in [5.41, 5.74) is 1.85. The van der Waals surface area contributed by atoms with Crippen molar-refractivity contribution in [1.29, 1.82) is 5.26 Å². The number of nitrogens with one attached hydrogen (secondary N) is 1. The molecule has 0 spiro atoms. The molecular formula is C26H28F3N3O4. The standard InChI is InChI=1S/C26H28F3N3O4/c1-36-24(34)22-13-18(12-21(14-22)20-4-2-3-17(11-20)15-30)16-32(25(35)26(27,28)29)23(7-10-33)19-5-8-31-9-6-19/h2-4,11-14,19,23,31,33H,5-10,16H2,1H3. The number of rotatable bonds is 8. The second-order valence-electron chi connectivity index (χ2n) is 8.70. The molecule has 0 aromatic heterocycles. The van der Waals surface area contributed by atoms with E-state index in [1.54, 1.807) is 30.3 Å². The number of nitrogens with zero attached hydrogens (tertiary/aromatic N) is 2. The summed E-state index contributed by atoms with van der Waals surface area (Å²) in [6.07, 6.45) is -3.97. The minimum Gasteiger partial charge on any atom is -0.465 e. The number of aliphatic hydroxyl groups is 1. The van der Waals surface area contributed by atoms with Gasteiger partial charge in [0.25, 0.3) is 0 Å². The summed E-state index contributed by atoms with van der Waals surface area (Å²) >= 11 is 0. The first kappa shape index (κ1) is 27.2. The van der Waals surface area contributed by atoms with Crippen LogP contribution in [0.4, 0.5) is 13.2 Å². The fourth-order valence-corrected chi connectivity index (χ4v) is 4.66. The lowest BCUT2D eigenvalue weighted by Gasteiger charge is -2.39. The predicted molar refractivity (Wildman–Crippen MR) is 126 cm³/mol. The van der Waals surface area contributed by atoms with Crippen LogP contribution in [0.25, 0.3) is 11.1 Å². The number of hydrogen-bond donors (Lipinski definition) is 2. The average Bonchev–Trinajstić information content (AvgIpc) is 2.89. The molecule has 0 radical (unpaired) electrons. The number of methoxy groups -OCH3 is 1. The van der Waals surface area contributed by atoms with Crippen molar-refractivity contribution in [2.45, 2.75) is 38.0 Å². The van der Waals surface area contributed by atoms with Gasteiger partial charge in [-0.25, -0.2) is 4.79 Å². The molecule has 192 valence electrons. The number of nitriles is 1. The summed E-state index contributed by atoms with van der Waals surface area (Å²) < 4.78 is 45.9. The van der Waals surface area contributed by atoms with Gasteiger partial charge in [0.2, 0.25) is 0 Å². The zero-order valence-electron chi connectivity index (χ0n) is 19.8. The van der Waals surface area contributed by atoms with Gasteiger partial charge in [0, 0.05) is 19.2 Å². The maximum absolute atomic E-state index is 13.7. The molecule has 0 bridgehead atoms. The highest BCUT2D eigenvalue weighted by Gasteiger charge is 2.46. The molecule has 1 fully saturated rings. The lowest BCUT2D eigenvalue weighted by atomic mass is 9.86. The van der Waals surface area contributed by atoms with Crippen LogP contribution in [0.1, 0.15) is 40.7 Å². The number of amides is 1. The predicted octanol–water partition coefficient (Wildman–Crippen LogP) is 3.65. The molecule has 0 saturated carbocycles. The number of hydrogen-bond acceptors (Lipinski definition) is 6. The number of alkyl halides is 3. The molecule has 2 aromatic carbocycles. The molecule has 1 amide bonds. The number of halogens is 3. The van der Waals surface area contributed by atoms with E-state index in [1.807, 2.05) is 6.07 Å². The molecule has 1 heterocycles. The van der Waals surface area contributed by atoms with Crippen LogP contribution in [-0.4, -0.2) is 60.9 Å². The Hall–Kier alpha value is -3.42. The number of benzene rings is 2. The normalized spacial score (nSPS) is 15.1. The van der Waals surface area contributed by atoms with Crippen molar-refractivity contribution in [2.75, 3.05) is 26.8 Å². The lowest BCUT2D eigenvalue weighted by Crippen LogP contribution is -2.51. The summed E-state index contributed by atoms with van der Waals surface area (Å²) in [5, 5.41) is 22.0. The Morgan fingerprint density at radius 3 is 2.53 bits per heavy atom. The van der Waals surface area contributed by atoms with Gasteiger partial charge in [0.15, 0.2) is 0 Å². The van der Waals surface area contributed by atoms with E-state index in [4.69, 9.17) is 4.74 Å². The van der Waals surface area contributed by atoms with E-state index in [0.717, 1.165) is 4.90 Å². The van der Waals surface area contributed by atoms with Crippen LogP contribution in [0.2, 0.25) is 0 Å². The summed E-state index contributed by atoms with van der Waals surface area (Å²) in [6, 6.07) is 12.3. The third-order valence-electron chi connectivity index (χ3n) is 6.35. The van der Waals surface area contributed by atoms with E-state index in [9.17, 15) is 33.1 Å². The van der Waals surface area contributed by atoms with Gasteiger partial charge in [0.05, 0.1) is 24.3 Å². The molecule has 36 heavy (non-hydrogen) atoms. The van der Waals surface area contributed by atoms with E-state index < -0.39 is 30.6 Å². The second kappa shape index (κ2) is 12.0. The fourth-order valence-electron chi connectivity index (χ4n) is 4.66. The van der Waals surface area contributed by atoms with Crippen LogP contribution < -0.4 is 5.32 Å². The van der Waals surface area contributed by atoms with Gasteiger partial charge in [-0.15, -0.1) is 0 Å². The number of piperidine rings is 1. The molecule has 7 nitrogen and oxygen atoms in total. The first-order chi connectivity index (χ1) is 17.2. The van der Waals surface area contributed by atoms with Gasteiger partial charge in [-0.1, -0.05) is 12.1 Å². The Balaban J connectivity index is 2.08.